The average molecular weight is 247 g/mol. The van der Waals surface area contributed by atoms with E-state index in [4.69, 9.17) is 10.2 Å². The number of anilines is 2. The van der Waals surface area contributed by atoms with Crippen molar-refractivity contribution in [3.05, 3.63) is 18.2 Å². The Morgan fingerprint density at radius 3 is 3.11 bits per heavy atom. The average Bonchev–Trinajstić information content (AvgIpc) is 2.70. The van der Waals surface area contributed by atoms with Crippen molar-refractivity contribution < 1.29 is 9.52 Å². The van der Waals surface area contributed by atoms with Crippen molar-refractivity contribution in [3.63, 3.8) is 0 Å². The van der Waals surface area contributed by atoms with Gasteiger partial charge in [-0.3, -0.25) is 0 Å². The lowest BCUT2D eigenvalue weighted by molar-refractivity contribution is 0.0435. The molecule has 18 heavy (non-hydrogen) atoms. The number of hydrogen-bond acceptors (Lipinski definition) is 5. The summed E-state index contributed by atoms with van der Waals surface area (Å²) >= 11 is 0. The van der Waals surface area contributed by atoms with Crippen molar-refractivity contribution in [2.45, 2.75) is 25.4 Å². The minimum absolute atomic E-state index is 0.551. The van der Waals surface area contributed by atoms with E-state index in [2.05, 4.69) is 4.98 Å². The molecule has 0 radical (unpaired) electrons. The fraction of sp³-hybridized carbons (Fsp3) is 0.462. The van der Waals surface area contributed by atoms with Gasteiger partial charge in [-0.25, -0.2) is 0 Å². The van der Waals surface area contributed by atoms with E-state index in [0.717, 1.165) is 30.5 Å². The van der Waals surface area contributed by atoms with Gasteiger partial charge in [0, 0.05) is 12.2 Å². The second-order valence-electron chi connectivity index (χ2n) is 5.25. The molecule has 1 aliphatic heterocycles. The van der Waals surface area contributed by atoms with Crippen LogP contribution in [0.15, 0.2) is 22.6 Å². The van der Waals surface area contributed by atoms with Crippen LogP contribution in [0.1, 0.15) is 19.8 Å². The molecule has 2 heterocycles. The van der Waals surface area contributed by atoms with Crippen LogP contribution in [0, 0.1) is 0 Å². The summed E-state index contributed by atoms with van der Waals surface area (Å²) in [5.41, 5.74) is 7.21. The summed E-state index contributed by atoms with van der Waals surface area (Å²) in [6.45, 7) is 3.26. The number of nitrogens with two attached hydrogens (primary N) is 1. The smallest absolute Gasteiger partial charge is 0.298 e. The van der Waals surface area contributed by atoms with Gasteiger partial charge in [0.1, 0.15) is 5.52 Å². The molecule has 0 spiro atoms. The lowest BCUT2D eigenvalue weighted by atomic mass is 9.96. The Labute approximate surface area is 105 Å². The molecule has 1 aromatic heterocycles. The Kier molecular flexibility index (Phi) is 2.45. The van der Waals surface area contributed by atoms with Gasteiger partial charge >= 0.3 is 0 Å². The lowest BCUT2D eigenvalue weighted by Gasteiger charge is -2.35. The number of oxazole rings is 1. The van der Waals surface area contributed by atoms with Gasteiger partial charge < -0.3 is 20.2 Å². The van der Waals surface area contributed by atoms with Crippen LogP contribution in [0.3, 0.4) is 0 Å². The van der Waals surface area contributed by atoms with Crippen LogP contribution < -0.4 is 10.6 Å². The maximum Gasteiger partial charge on any atom is 0.298 e. The predicted octanol–water partition coefficient (Wildman–Crippen LogP) is 1.76. The zero-order valence-corrected chi connectivity index (χ0v) is 10.4. The number of aromatic nitrogens is 1. The van der Waals surface area contributed by atoms with E-state index in [0.29, 0.717) is 18.2 Å². The molecule has 2 aromatic rings. The Bertz CT molecular complexity index is 577. The van der Waals surface area contributed by atoms with Gasteiger partial charge in [0.2, 0.25) is 0 Å². The van der Waals surface area contributed by atoms with Gasteiger partial charge in [-0.15, -0.1) is 0 Å². The van der Waals surface area contributed by atoms with Gasteiger partial charge in [-0.2, -0.15) is 4.98 Å². The summed E-state index contributed by atoms with van der Waals surface area (Å²) in [6.07, 6.45) is 1.75. The quantitative estimate of drug-likeness (QED) is 0.751. The van der Waals surface area contributed by atoms with Crippen molar-refractivity contribution in [2.75, 3.05) is 23.7 Å². The number of benzene rings is 1. The highest BCUT2D eigenvalue weighted by molar-refractivity contribution is 5.78. The van der Waals surface area contributed by atoms with Crippen molar-refractivity contribution in [3.8, 4) is 0 Å². The van der Waals surface area contributed by atoms with Gasteiger partial charge in [0.15, 0.2) is 5.58 Å². The molecule has 3 rings (SSSR count). The minimum atomic E-state index is -0.669. The molecule has 1 aliphatic rings. The van der Waals surface area contributed by atoms with Crippen molar-refractivity contribution >= 4 is 22.8 Å². The van der Waals surface area contributed by atoms with E-state index in [1.165, 1.54) is 0 Å². The molecule has 96 valence electrons. The van der Waals surface area contributed by atoms with E-state index in [1.54, 1.807) is 12.1 Å². The number of rotatable bonds is 1. The van der Waals surface area contributed by atoms with Crippen molar-refractivity contribution in [1.82, 2.24) is 4.98 Å². The van der Waals surface area contributed by atoms with Gasteiger partial charge in [0.05, 0.1) is 12.1 Å². The second-order valence-corrected chi connectivity index (χ2v) is 5.25. The highest BCUT2D eigenvalue weighted by Crippen LogP contribution is 2.28. The van der Waals surface area contributed by atoms with E-state index in [-0.39, 0.29) is 0 Å². The molecule has 1 fully saturated rings. The fourth-order valence-electron chi connectivity index (χ4n) is 2.45. The number of nitrogen functional groups attached to an aromatic ring is 1. The van der Waals surface area contributed by atoms with Crippen LogP contribution in [-0.2, 0) is 0 Å². The summed E-state index contributed by atoms with van der Waals surface area (Å²) in [6, 6.07) is 5.98. The van der Waals surface area contributed by atoms with Crippen molar-refractivity contribution in [1.29, 1.82) is 0 Å². The summed E-state index contributed by atoms with van der Waals surface area (Å²) in [5, 5.41) is 10.1. The van der Waals surface area contributed by atoms with Crippen molar-refractivity contribution in [2.24, 2.45) is 0 Å². The number of hydrogen-bond donors (Lipinski definition) is 2. The maximum atomic E-state index is 10.1. The van der Waals surface area contributed by atoms with Crippen LogP contribution in [0.2, 0.25) is 0 Å². The third kappa shape index (κ3) is 2.01. The Morgan fingerprint density at radius 2 is 2.33 bits per heavy atom. The Morgan fingerprint density at radius 1 is 1.50 bits per heavy atom. The molecule has 1 aromatic carbocycles. The summed E-state index contributed by atoms with van der Waals surface area (Å²) < 4.78 is 5.70. The first-order valence-corrected chi connectivity index (χ1v) is 6.17. The zero-order chi connectivity index (χ0) is 12.8. The highest BCUT2D eigenvalue weighted by atomic mass is 16.4. The zero-order valence-electron chi connectivity index (χ0n) is 10.4. The number of aliphatic hydroxyl groups is 1. The summed E-state index contributed by atoms with van der Waals surface area (Å²) in [4.78, 5) is 6.42. The van der Waals surface area contributed by atoms with Crippen LogP contribution in [0.5, 0.6) is 0 Å². The molecule has 0 aliphatic carbocycles. The van der Waals surface area contributed by atoms with E-state index in [1.807, 2.05) is 17.9 Å². The number of β-amino-alcohol motifs (C(OH)–C–C–N with tert-alkyl or cyclic N) is 1. The van der Waals surface area contributed by atoms with Gasteiger partial charge in [0.25, 0.3) is 6.01 Å². The van der Waals surface area contributed by atoms with Gasteiger partial charge in [-0.05, 0) is 38.0 Å². The highest BCUT2D eigenvalue weighted by Gasteiger charge is 2.30. The SMILES string of the molecule is CC1(O)CCCN(c2nc3cc(N)ccc3o2)C1. The molecule has 1 atom stereocenters. The fourth-order valence-corrected chi connectivity index (χ4v) is 2.45. The molecule has 5 nitrogen and oxygen atoms in total. The van der Waals surface area contributed by atoms with Crippen LogP contribution in [-0.4, -0.2) is 28.8 Å². The molecule has 0 saturated carbocycles. The molecular weight excluding hydrogens is 230 g/mol. The normalized spacial score (nSPS) is 24.7. The van der Waals surface area contributed by atoms with Crippen LogP contribution in [0.4, 0.5) is 11.7 Å². The number of fused-ring (bicyclic) bond motifs is 1. The van der Waals surface area contributed by atoms with Crippen LogP contribution >= 0.6 is 0 Å². The Balaban J connectivity index is 1.94. The summed E-state index contributed by atoms with van der Waals surface area (Å²) in [7, 11) is 0. The van der Waals surface area contributed by atoms with Gasteiger partial charge in [-0.1, -0.05) is 0 Å². The Hall–Kier alpha value is -1.75. The van der Waals surface area contributed by atoms with E-state index < -0.39 is 5.60 Å². The lowest BCUT2D eigenvalue weighted by Crippen LogP contribution is -2.46. The molecule has 1 saturated heterocycles. The van der Waals surface area contributed by atoms with E-state index in [9.17, 15) is 5.11 Å². The third-order valence-electron chi connectivity index (χ3n) is 3.35. The first-order valence-electron chi connectivity index (χ1n) is 6.17. The molecule has 3 N–H and O–H groups in total. The maximum absolute atomic E-state index is 10.1. The standard InChI is InChI=1S/C13H17N3O2/c1-13(17)5-2-6-16(8-13)12-15-10-7-9(14)3-4-11(10)18-12/h3-4,7,17H,2,5-6,8,14H2,1H3. The summed E-state index contributed by atoms with van der Waals surface area (Å²) in [5.74, 6) is 0. The topological polar surface area (TPSA) is 75.5 Å². The number of piperidine rings is 1. The molecular formula is C13H17N3O2. The number of nitrogens with zero attached hydrogens (tertiary/aromatic N) is 2. The van der Waals surface area contributed by atoms with Crippen LogP contribution in [0.25, 0.3) is 11.1 Å². The second kappa shape index (κ2) is 3.88. The largest absolute Gasteiger partial charge is 0.423 e. The van der Waals surface area contributed by atoms with E-state index >= 15 is 0 Å². The molecule has 5 heteroatoms. The minimum Gasteiger partial charge on any atom is -0.423 e. The first-order chi connectivity index (χ1) is 8.53. The molecule has 0 bridgehead atoms. The first kappa shape index (κ1) is 11.3. The predicted molar refractivity (Wildman–Crippen MR) is 70.5 cm³/mol. The third-order valence-corrected chi connectivity index (χ3v) is 3.35. The molecule has 0 amide bonds. The monoisotopic (exact) mass is 247 g/mol. The molecule has 1 unspecified atom stereocenters.